The van der Waals surface area contributed by atoms with E-state index >= 15 is 0 Å². The molecule has 1 atom stereocenters. The highest BCUT2D eigenvalue weighted by molar-refractivity contribution is 14.1. The zero-order valence-corrected chi connectivity index (χ0v) is 11.8. The number of aliphatic hydroxyl groups is 1. The van der Waals surface area contributed by atoms with Crippen LogP contribution in [0.2, 0.25) is 0 Å². The van der Waals surface area contributed by atoms with E-state index in [-0.39, 0.29) is 5.56 Å². The normalized spacial score (nSPS) is 14.3. The standard InChI is InChI=1S/C14H11F2IO/c1-14(18,9-5-7-10(17)8-6-9)13-11(15)3-2-4-12(13)16/h2-8,18H,1H3. The summed E-state index contributed by atoms with van der Waals surface area (Å²) in [5.41, 5.74) is -1.57. The summed E-state index contributed by atoms with van der Waals surface area (Å²) in [5.74, 6) is -1.50. The van der Waals surface area contributed by atoms with Crippen LogP contribution in [0.3, 0.4) is 0 Å². The third-order valence-electron chi connectivity index (χ3n) is 2.86. The van der Waals surface area contributed by atoms with E-state index in [0.29, 0.717) is 5.56 Å². The van der Waals surface area contributed by atoms with Crippen molar-refractivity contribution >= 4 is 22.6 Å². The molecule has 1 nitrogen and oxygen atoms in total. The quantitative estimate of drug-likeness (QED) is 0.808. The molecule has 2 aromatic carbocycles. The van der Waals surface area contributed by atoms with Gasteiger partial charge in [0.05, 0.1) is 5.56 Å². The Bertz CT molecular complexity index is 544. The monoisotopic (exact) mass is 360 g/mol. The van der Waals surface area contributed by atoms with Crippen molar-refractivity contribution in [2.45, 2.75) is 12.5 Å². The van der Waals surface area contributed by atoms with Crippen molar-refractivity contribution in [3.8, 4) is 0 Å². The van der Waals surface area contributed by atoms with Gasteiger partial charge in [0.15, 0.2) is 0 Å². The lowest BCUT2D eigenvalue weighted by Crippen LogP contribution is -2.26. The third kappa shape index (κ3) is 2.40. The number of halogens is 3. The second kappa shape index (κ2) is 4.93. The van der Waals surface area contributed by atoms with Crippen LogP contribution in [0, 0.1) is 15.2 Å². The van der Waals surface area contributed by atoms with Gasteiger partial charge in [-0.1, -0.05) is 18.2 Å². The minimum atomic E-state index is -1.69. The summed E-state index contributed by atoms with van der Waals surface area (Å²) >= 11 is 2.12. The molecular formula is C14H11F2IO. The molecule has 0 saturated carbocycles. The van der Waals surface area contributed by atoms with Crippen molar-refractivity contribution in [1.82, 2.24) is 0 Å². The van der Waals surface area contributed by atoms with E-state index in [1.54, 1.807) is 24.3 Å². The Labute approximate surface area is 118 Å². The predicted octanol–water partition coefficient (Wildman–Crippen LogP) is 3.83. The molecule has 2 rings (SSSR count). The van der Waals surface area contributed by atoms with Gasteiger partial charge in [-0.2, -0.15) is 0 Å². The van der Waals surface area contributed by atoms with E-state index < -0.39 is 17.2 Å². The molecule has 2 aromatic rings. The SMILES string of the molecule is CC(O)(c1ccc(I)cc1)c1c(F)cccc1F. The highest BCUT2D eigenvalue weighted by atomic mass is 127. The fourth-order valence-electron chi connectivity index (χ4n) is 1.88. The summed E-state index contributed by atoms with van der Waals surface area (Å²) in [7, 11) is 0. The maximum absolute atomic E-state index is 13.7. The largest absolute Gasteiger partial charge is 0.380 e. The van der Waals surface area contributed by atoms with Crippen molar-refractivity contribution in [2.24, 2.45) is 0 Å². The molecule has 94 valence electrons. The molecular weight excluding hydrogens is 349 g/mol. The molecule has 0 aromatic heterocycles. The van der Waals surface area contributed by atoms with E-state index in [2.05, 4.69) is 22.6 Å². The third-order valence-corrected chi connectivity index (χ3v) is 3.58. The van der Waals surface area contributed by atoms with Gasteiger partial charge in [-0.05, 0) is 59.3 Å². The van der Waals surface area contributed by atoms with Crippen LogP contribution in [0.15, 0.2) is 42.5 Å². The second-order valence-electron chi connectivity index (χ2n) is 4.18. The molecule has 0 aliphatic rings. The first-order valence-corrected chi connectivity index (χ1v) is 6.43. The highest BCUT2D eigenvalue weighted by Gasteiger charge is 2.31. The Hall–Kier alpha value is -1.01. The summed E-state index contributed by atoms with van der Waals surface area (Å²) in [6.07, 6.45) is 0. The highest BCUT2D eigenvalue weighted by Crippen LogP contribution is 2.32. The Balaban J connectivity index is 2.57. The minimum absolute atomic E-state index is 0.328. The summed E-state index contributed by atoms with van der Waals surface area (Å²) < 4.78 is 28.4. The topological polar surface area (TPSA) is 20.2 Å². The van der Waals surface area contributed by atoms with Gasteiger partial charge >= 0.3 is 0 Å². The molecule has 0 aliphatic carbocycles. The molecule has 4 heteroatoms. The zero-order chi connectivity index (χ0) is 13.3. The number of hydrogen-bond acceptors (Lipinski definition) is 1. The Kier molecular flexibility index (Phi) is 3.68. The fraction of sp³-hybridized carbons (Fsp3) is 0.143. The first-order chi connectivity index (χ1) is 8.43. The Morgan fingerprint density at radius 1 is 1.00 bits per heavy atom. The molecule has 0 fully saturated rings. The molecule has 0 bridgehead atoms. The lowest BCUT2D eigenvalue weighted by Gasteiger charge is -2.25. The van der Waals surface area contributed by atoms with Crippen molar-refractivity contribution in [2.75, 3.05) is 0 Å². The van der Waals surface area contributed by atoms with Crippen molar-refractivity contribution in [3.63, 3.8) is 0 Å². The van der Waals surface area contributed by atoms with Gasteiger partial charge in [-0.15, -0.1) is 0 Å². The zero-order valence-electron chi connectivity index (χ0n) is 9.62. The predicted molar refractivity (Wildman–Crippen MR) is 74.2 cm³/mol. The van der Waals surface area contributed by atoms with Gasteiger partial charge in [0.25, 0.3) is 0 Å². The van der Waals surface area contributed by atoms with Crippen molar-refractivity contribution in [1.29, 1.82) is 0 Å². The molecule has 0 heterocycles. The van der Waals surface area contributed by atoms with E-state index in [0.717, 1.165) is 15.7 Å². The summed E-state index contributed by atoms with van der Waals surface area (Å²) in [5, 5.41) is 10.4. The van der Waals surface area contributed by atoms with Crippen LogP contribution in [0.5, 0.6) is 0 Å². The lowest BCUT2D eigenvalue weighted by molar-refractivity contribution is 0.0934. The summed E-state index contributed by atoms with van der Waals surface area (Å²) in [6.45, 7) is 1.39. The molecule has 0 saturated heterocycles. The van der Waals surface area contributed by atoms with Crippen LogP contribution in [-0.4, -0.2) is 5.11 Å². The maximum Gasteiger partial charge on any atom is 0.132 e. The smallest absolute Gasteiger partial charge is 0.132 e. The number of benzene rings is 2. The lowest BCUT2D eigenvalue weighted by atomic mass is 9.87. The van der Waals surface area contributed by atoms with Gasteiger partial charge in [-0.3, -0.25) is 0 Å². The minimum Gasteiger partial charge on any atom is -0.380 e. The maximum atomic E-state index is 13.7. The first kappa shape index (κ1) is 13.4. The average molecular weight is 360 g/mol. The Morgan fingerprint density at radius 2 is 1.50 bits per heavy atom. The molecule has 1 unspecified atom stereocenters. The van der Waals surface area contributed by atoms with Gasteiger partial charge < -0.3 is 5.11 Å². The summed E-state index contributed by atoms with van der Waals surface area (Å²) in [4.78, 5) is 0. The molecule has 18 heavy (non-hydrogen) atoms. The van der Waals surface area contributed by atoms with Crippen LogP contribution in [-0.2, 0) is 5.60 Å². The van der Waals surface area contributed by atoms with Gasteiger partial charge in [0, 0.05) is 3.57 Å². The van der Waals surface area contributed by atoms with Crippen LogP contribution >= 0.6 is 22.6 Å². The van der Waals surface area contributed by atoms with Gasteiger partial charge in [-0.25, -0.2) is 8.78 Å². The second-order valence-corrected chi connectivity index (χ2v) is 5.42. The molecule has 0 amide bonds. The van der Waals surface area contributed by atoms with E-state index in [9.17, 15) is 13.9 Å². The van der Waals surface area contributed by atoms with E-state index in [1.807, 2.05) is 0 Å². The average Bonchev–Trinajstić information content (AvgIpc) is 2.29. The Morgan fingerprint density at radius 3 is 2.00 bits per heavy atom. The van der Waals surface area contributed by atoms with Crippen LogP contribution in [0.25, 0.3) is 0 Å². The molecule has 0 aliphatic heterocycles. The van der Waals surface area contributed by atoms with E-state index in [1.165, 1.54) is 13.0 Å². The van der Waals surface area contributed by atoms with Crippen molar-refractivity contribution in [3.05, 3.63) is 68.8 Å². The van der Waals surface area contributed by atoms with Crippen molar-refractivity contribution < 1.29 is 13.9 Å². The van der Waals surface area contributed by atoms with Gasteiger partial charge in [0.2, 0.25) is 0 Å². The fourth-order valence-corrected chi connectivity index (χ4v) is 2.24. The van der Waals surface area contributed by atoms with Crippen LogP contribution in [0.1, 0.15) is 18.1 Å². The van der Waals surface area contributed by atoms with E-state index in [4.69, 9.17) is 0 Å². The molecule has 0 spiro atoms. The molecule has 0 radical (unpaired) electrons. The number of rotatable bonds is 2. The van der Waals surface area contributed by atoms with Crippen LogP contribution < -0.4 is 0 Å². The van der Waals surface area contributed by atoms with Gasteiger partial charge in [0.1, 0.15) is 17.2 Å². The summed E-state index contributed by atoms with van der Waals surface area (Å²) in [6, 6.07) is 10.4. The number of hydrogen-bond donors (Lipinski definition) is 1. The molecule has 1 N–H and O–H groups in total. The van der Waals surface area contributed by atoms with Crippen LogP contribution in [0.4, 0.5) is 8.78 Å². The first-order valence-electron chi connectivity index (χ1n) is 5.36.